The van der Waals surface area contributed by atoms with E-state index in [0.717, 1.165) is 17.9 Å². The Kier molecular flexibility index (Phi) is 6.24. The van der Waals surface area contributed by atoms with Gasteiger partial charge in [-0.1, -0.05) is 30.3 Å². The minimum Gasteiger partial charge on any atom is -0.353 e. The number of aryl methyl sites for hydroxylation is 1. The summed E-state index contributed by atoms with van der Waals surface area (Å²) in [6, 6.07) is 9.61. The van der Waals surface area contributed by atoms with Gasteiger partial charge in [-0.3, -0.25) is 14.5 Å². The second kappa shape index (κ2) is 8.81. The highest BCUT2D eigenvalue weighted by molar-refractivity contribution is 5.88. The van der Waals surface area contributed by atoms with Gasteiger partial charge in [0.05, 0.1) is 19.0 Å². The first-order valence-corrected chi connectivity index (χ1v) is 9.38. The zero-order chi connectivity index (χ0) is 19.2. The second-order valence-electron chi connectivity index (χ2n) is 6.83. The lowest BCUT2D eigenvalue weighted by molar-refractivity contribution is -0.139. The van der Waals surface area contributed by atoms with Crippen molar-refractivity contribution >= 4 is 11.8 Å². The predicted octanol–water partition coefficient (Wildman–Crippen LogP) is 1.16. The summed E-state index contributed by atoms with van der Waals surface area (Å²) >= 11 is 0. The van der Waals surface area contributed by atoms with Crippen molar-refractivity contribution in [2.24, 2.45) is 7.05 Å². The Morgan fingerprint density at radius 1 is 1.33 bits per heavy atom. The fourth-order valence-electron chi connectivity index (χ4n) is 3.38. The molecular formula is C20H27N5O2. The van der Waals surface area contributed by atoms with E-state index < -0.39 is 6.04 Å². The Morgan fingerprint density at radius 2 is 2.11 bits per heavy atom. The van der Waals surface area contributed by atoms with Crippen LogP contribution in [0.5, 0.6) is 0 Å². The summed E-state index contributed by atoms with van der Waals surface area (Å²) in [5.74, 6) is 0.735. The number of hydrogen-bond acceptors (Lipinski definition) is 4. The van der Waals surface area contributed by atoms with Crippen LogP contribution in [0.25, 0.3) is 0 Å². The minimum atomic E-state index is -0.443. The number of imidazole rings is 1. The van der Waals surface area contributed by atoms with Crippen LogP contribution in [0.1, 0.15) is 24.7 Å². The molecule has 2 heterocycles. The third-order valence-corrected chi connectivity index (χ3v) is 5.03. The van der Waals surface area contributed by atoms with Gasteiger partial charge in [0.15, 0.2) is 0 Å². The molecule has 0 aliphatic carbocycles. The molecule has 1 aromatic heterocycles. The van der Waals surface area contributed by atoms with Crippen molar-refractivity contribution in [2.45, 2.75) is 32.5 Å². The Balaban J connectivity index is 1.68. The van der Waals surface area contributed by atoms with Gasteiger partial charge in [0.2, 0.25) is 11.8 Å². The van der Waals surface area contributed by atoms with Crippen molar-refractivity contribution < 1.29 is 9.59 Å². The molecule has 1 unspecified atom stereocenters. The van der Waals surface area contributed by atoms with Crippen LogP contribution in [-0.4, -0.2) is 56.8 Å². The molecule has 7 heteroatoms. The number of rotatable bonds is 7. The monoisotopic (exact) mass is 369 g/mol. The van der Waals surface area contributed by atoms with E-state index in [-0.39, 0.29) is 18.2 Å². The SMILES string of the molecule is CCN(Cc1nccn1C)C(=O)CC1C(=O)NCCN1Cc1ccccc1. The predicted molar refractivity (Wildman–Crippen MR) is 103 cm³/mol. The van der Waals surface area contributed by atoms with Crippen LogP contribution in [-0.2, 0) is 29.7 Å². The van der Waals surface area contributed by atoms with Crippen molar-refractivity contribution in [3.8, 4) is 0 Å². The lowest BCUT2D eigenvalue weighted by Gasteiger charge is -2.35. The van der Waals surface area contributed by atoms with E-state index in [9.17, 15) is 9.59 Å². The maximum absolute atomic E-state index is 12.9. The van der Waals surface area contributed by atoms with Gasteiger partial charge in [-0.15, -0.1) is 0 Å². The number of carbonyl (C=O) groups excluding carboxylic acids is 2. The van der Waals surface area contributed by atoms with Gasteiger partial charge in [-0.2, -0.15) is 0 Å². The van der Waals surface area contributed by atoms with Crippen LogP contribution in [0.15, 0.2) is 42.7 Å². The molecule has 0 radical (unpaired) electrons. The fourth-order valence-corrected chi connectivity index (χ4v) is 3.38. The van der Waals surface area contributed by atoms with E-state index in [0.29, 0.717) is 26.2 Å². The molecule has 0 spiro atoms. The Bertz CT molecular complexity index is 774. The molecule has 1 N–H and O–H groups in total. The molecule has 0 bridgehead atoms. The molecule has 144 valence electrons. The van der Waals surface area contributed by atoms with Crippen LogP contribution in [0.3, 0.4) is 0 Å². The van der Waals surface area contributed by atoms with Crippen molar-refractivity contribution in [1.82, 2.24) is 24.7 Å². The molecule has 2 aromatic rings. The van der Waals surface area contributed by atoms with E-state index in [1.807, 2.05) is 55.1 Å². The quantitative estimate of drug-likeness (QED) is 0.795. The van der Waals surface area contributed by atoms with Crippen molar-refractivity contribution in [1.29, 1.82) is 0 Å². The van der Waals surface area contributed by atoms with Crippen molar-refractivity contribution in [3.63, 3.8) is 0 Å². The van der Waals surface area contributed by atoms with Gasteiger partial charge in [0, 0.05) is 45.6 Å². The molecule has 7 nitrogen and oxygen atoms in total. The van der Waals surface area contributed by atoms with Gasteiger partial charge in [0.25, 0.3) is 0 Å². The number of hydrogen-bond donors (Lipinski definition) is 1. The second-order valence-corrected chi connectivity index (χ2v) is 6.83. The maximum atomic E-state index is 12.9. The van der Waals surface area contributed by atoms with E-state index >= 15 is 0 Å². The smallest absolute Gasteiger partial charge is 0.237 e. The van der Waals surface area contributed by atoms with Gasteiger partial charge in [0.1, 0.15) is 5.82 Å². The highest BCUT2D eigenvalue weighted by atomic mass is 16.2. The van der Waals surface area contributed by atoms with Crippen LogP contribution in [0.2, 0.25) is 0 Å². The highest BCUT2D eigenvalue weighted by Crippen LogP contribution is 2.16. The third-order valence-electron chi connectivity index (χ3n) is 5.03. The minimum absolute atomic E-state index is 0.0272. The normalized spacial score (nSPS) is 17.6. The molecule has 0 saturated carbocycles. The summed E-state index contributed by atoms with van der Waals surface area (Å²) in [4.78, 5) is 33.5. The first-order chi connectivity index (χ1) is 13.1. The molecule has 1 aliphatic rings. The van der Waals surface area contributed by atoms with Crippen molar-refractivity contribution in [2.75, 3.05) is 19.6 Å². The fraction of sp³-hybridized carbons (Fsp3) is 0.450. The zero-order valence-corrected chi connectivity index (χ0v) is 16.0. The lowest BCUT2D eigenvalue weighted by atomic mass is 10.1. The first-order valence-electron chi connectivity index (χ1n) is 9.38. The van der Waals surface area contributed by atoms with Crippen LogP contribution in [0, 0.1) is 0 Å². The zero-order valence-electron chi connectivity index (χ0n) is 16.0. The molecule has 1 atom stereocenters. The standard InChI is InChI=1S/C20H27N5O2/c1-3-24(15-18-21-9-11-23(18)2)19(26)13-17-20(27)22-10-12-25(17)14-16-7-5-4-6-8-16/h4-9,11,17H,3,10,12-15H2,1-2H3,(H,22,27). The average molecular weight is 369 g/mol. The average Bonchev–Trinajstić information content (AvgIpc) is 3.08. The molecule has 3 rings (SSSR count). The number of nitrogens with zero attached hydrogens (tertiary/aromatic N) is 4. The van der Waals surface area contributed by atoms with Crippen LogP contribution in [0.4, 0.5) is 0 Å². The lowest BCUT2D eigenvalue weighted by Crippen LogP contribution is -2.56. The van der Waals surface area contributed by atoms with E-state index in [1.54, 1.807) is 11.1 Å². The van der Waals surface area contributed by atoms with E-state index in [1.165, 1.54) is 0 Å². The molecule has 27 heavy (non-hydrogen) atoms. The number of aromatic nitrogens is 2. The summed E-state index contributed by atoms with van der Waals surface area (Å²) in [6.07, 6.45) is 3.77. The molecule has 2 amide bonds. The number of nitrogens with one attached hydrogen (secondary N) is 1. The summed E-state index contributed by atoms with van der Waals surface area (Å²) in [7, 11) is 1.91. The topological polar surface area (TPSA) is 70.5 Å². The third kappa shape index (κ3) is 4.74. The number of benzene rings is 1. The van der Waals surface area contributed by atoms with Crippen molar-refractivity contribution in [3.05, 3.63) is 54.1 Å². The number of amides is 2. The summed E-state index contributed by atoms with van der Waals surface area (Å²) < 4.78 is 1.91. The highest BCUT2D eigenvalue weighted by Gasteiger charge is 2.32. The summed E-state index contributed by atoms with van der Waals surface area (Å²) in [5.41, 5.74) is 1.14. The Labute approximate surface area is 160 Å². The van der Waals surface area contributed by atoms with Gasteiger partial charge < -0.3 is 14.8 Å². The Morgan fingerprint density at radius 3 is 2.78 bits per heavy atom. The van der Waals surface area contributed by atoms with Gasteiger partial charge in [-0.05, 0) is 12.5 Å². The number of piperazine rings is 1. The molecule has 1 fully saturated rings. The van der Waals surface area contributed by atoms with E-state index in [2.05, 4.69) is 15.2 Å². The summed E-state index contributed by atoms with van der Waals surface area (Å²) in [5, 5.41) is 2.90. The number of carbonyl (C=O) groups is 2. The van der Waals surface area contributed by atoms with E-state index in [4.69, 9.17) is 0 Å². The molecule has 1 aliphatic heterocycles. The van der Waals surface area contributed by atoms with Gasteiger partial charge >= 0.3 is 0 Å². The molecular weight excluding hydrogens is 342 g/mol. The maximum Gasteiger partial charge on any atom is 0.237 e. The van der Waals surface area contributed by atoms with Crippen LogP contribution < -0.4 is 5.32 Å². The van der Waals surface area contributed by atoms with Gasteiger partial charge in [-0.25, -0.2) is 4.98 Å². The summed E-state index contributed by atoms with van der Waals surface area (Å²) in [6.45, 7) is 5.00. The largest absolute Gasteiger partial charge is 0.353 e. The first kappa shape index (κ1) is 19.1. The molecule has 1 aromatic carbocycles. The Hall–Kier alpha value is -2.67. The molecule has 1 saturated heterocycles. The van der Waals surface area contributed by atoms with Crippen LogP contribution >= 0.6 is 0 Å².